The lowest BCUT2D eigenvalue weighted by atomic mass is 9.99. The number of hydrogen-bond donors (Lipinski definition) is 2. The summed E-state index contributed by atoms with van der Waals surface area (Å²) in [6, 6.07) is 9.91. The molecule has 172 valence electrons. The second-order valence-corrected chi connectivity index (χ2v) is 7.90. The smallest absolute Gasteiger partial charge is 0.311 e. The van der Waals surface area contributed by atoms with E-state index in [0.717, 1.165) is 34.3 Å². The molecule has 3 amide bonds. The van der Waals surface area contributed by atoms with Gasteiger partial charge in [-0.1, -0.05) is 6.07 Å². The van der Waals surface area contributed by atoms with Crippen LogP contribution in [0.1, 0.15) is 21.6 Å². The Morgan fingerprint density at radius 2 is 1.65 bits per heavy atom. The molecule has 4 rings (SSSR count). The van der Waals surface area contributed by atoms with Gasteiger partial charge in [-0.25, -0.2) is 13.6 Å². The molecule has 0 saturated carbocycles. The van der Waals surface area contributed by atoms with Gasteiger partial charge in [0.25, 0.3) is 11.5 Å². The second kappa shape index (κ2) is 8.86. The number of amides is 3. The van der Waals surface area contributed by atoms with Gasteiger partial charge in [0.2, 0.25) is 0 Å². The van der Waals surface area contributed by atoms with Gasteiger partial charge < -0.3 is 9.88 Å². The van der Waals surface area contributed by atoms with Crippen molar-refractivity contribution in [3.05, 3.63) is 93.5 Å². The first-order valence-electron chi connectivity index (χ1n) is 10.3. The van der Waals surface area contributed by atoms with Gasteiger partial charge in [-0.05, 0) is 61.4 Å². The van der Waals surface area contributed by atoms with Crippen molar-refractivity contribution in [2.24, 2.45) is 7.05 Å². The molecule has 2 aromatic carbocycles. The van der Waals surface area contributed by atoms with E-state index in [9.17, 15) is 23.2 Å². The molecule has 2 aromatic heterocycles. The van der Waals surface area contributed by atoms with Gasteiger partial charge in [-0.15, -0.1) is 0 Å². The van der Waals surface area contributed by atoms with Crippen LogP contribution in [0.4, 0.5) is 19.3 Å². The number of nitrogens with one attached hydrogen (secondary N) is 2. The fourth-order valence-electron chi connectivity index (χ4n) is 3.67. The van der Waals surface area contributed by atoms with E-state index in [1.165, 1.54) is 0 Å². The zero-order chi connectivity index (χ0) is 24.6. The van der Waals surface area contributed by atoms with E-state index in [2.05, 4.69) is 10.3 Å². The van der Waals surface area contributed by atoms with Gasteiger partial charge in [0.1, 0.15) is 11.6 Å². The standard InChI is InChI=1S/C25H20F2N4O3/c1-13-4-5-19(29-25(34)30-23(32)15-7-17(26)10-18(27)8-15)11-20(13)21-9-16-12-28-14(2)6-22(16)31(3)24(21)33/h4-12H,1-3H3,(H2,29,30,32,34). The van der Waals surface area contributed by atoms with Gasteiger partial charge in [0.05, 0.1) is 5.52 Å². The monoisotopic (exact) mass is 462 g/mol. The fourth-order valence-corrected chi connectivity index (χ4v) is 3.67. The van der Waals surface area contributed by atoms with Crippen LogP contribution in [0.25, 0.3) is 22.0 Å². The third kappa shape index (κ3) is 4.54. The molecule has 4 aromatic rings. The van der Waals surface area contributed by atoms with Crippen molar-refractivity contribution in [3.63, 3.8) is 0 Å². The average Bonchev–Trinajstić information content (AvgIpc) is 2.77. The summed E-state index contributed by atoms with van der Waals surface area (Å²) in [5.74, 6) is -2.83. The predicted octanol–water partition coefficient (Wildman–Crippen LogP) is 4.46. The molecule has 0 unspecified atom stereocenters. The van der Waals surface area contributed by atoms with Crippen LogP contribution in [0.5, 0.6) is 0 Å². The van der Waals surface area contributed by atoms with Gasteiger partial charge in [0.15, 0.2) is 0 Å². The number of anilines is 1. The van der Waals surface area contributed by atoms with Crippen LogP contribution in [0.15, 0.2) is 59.5 Å². The number of urea groups is 1. The molecule has 9 heteroatoms. The molecule has 0 fully saturated rings. The Kier molecular flexibility index (Phi) is 5.93. The summed E-state index contributed by atoms with van der Waals surface area (Å²) in [5.41, 5.74) is 3.13. The summed E-state index contributed by atoms with van der Waals surface area (Å²) in [7, 11) is 1.68. The lowest BCUT2D eigenvalue weighted by molar-refractivity contribution is 0.0966. The van der Waals surface area contributed by atoms with Crippen LogP contribution in [0, 0.1) is 25.5 Å². The van der Waals surface area contributed by atoms with Crippen molar-refractivity contribution < 1.29 is 18.4 Å². The number of hydrogen-bond acceptors (Lipinski definition) is 4. The van der Waals surface area contributed by atoms with Crippen LogP contribution in [-0.2, 0) is 7.05 Å². The maximum atomic E-state index is 13.3. The maximum absolute atomic E-state index is 13.3. The highest BCUT2D eigenvalue weighted by Crippen LogP contribution is 2.27. The number of benzene rings is 2. The lowest BCUT2D eigenvalue weighted by Gasteiger charge is -2.13. The molecule has 0 aliphatic rings. The summed E-state index contributed by atoms with van der Waals surface area (Å²) in [5, 5.41) is 5.32. The van der Waals surface area contributed by atoms with Crippen LogP contribution in [-0.4, -0.2) is 21.5 Å². The maximum Gasteiger partial charge on any atom is 0.326 e. The van der Waals surface area contributed by atoms with E-state index in [1.54, 1.807) is 42.1 Å². The first kappa shape index (κ1) is 22.8. The number of fused-ring (bicyclic) bond motifs is 1. The Morgan fingerprint density at radius 1 is 0.941 bits per heavy atom. The normalized spacial score (nSPS) is 10.9. The van der Waals surface area contributed by atoms with E-state index in [4.69, 9.17) is 0 Å². The third-order valence-corrected chi connectivity index (χ3v) is 5.38. The molecule has 0 spiro atoms. The van der Waals surface area contributed by atoms with Crippen LogP contribution < -0.4 is 16.2 Å². The van der Waals surface area contributed by atoms with Crippen LogP contribution in [0.3, 0.4) is 0 Å². The summed E-state index contributed by atoms with van der Waals surface area (Å²) >= 11 is 0. The Morgan fingerprint density at radius 3 is 2.35 bits per heavy atom. The molecule has 0 aliphatic heterocycles. The Bertz CT molecular complexity index is 1510. The lowest BCUT2D eigenvalue weighted by Crippen LogP contribution is -2.34. The van der Waals surface area contributed by atoms with Crippen LogP contribution >= 0.6 is 0 Å². The summed E-state index contributed by atoms with van der Waals surface area (Å²) < 4.78 is 28.2. The Balaban J connectivity index is 1.62. The number of carbonyl (C=O) groups excluding carboxylic acids is 2. The molecule has 34 heavy (non-hydrogen) atoms. The van der Waals surface area contributed by atoms with Crippen molar-refractivity contribution >= 4 is 28.5 Å². The van der Waals surface area contributed by atoms with Crippen molar-refractivity contribution in [2.45, 2.75) is 13.8 Å². The molecule has 0 radical (unpaired) electrons. The molecule has 0 bridgehead atoms. The van der Waals surface area contributed by atoms with Crippen molar-refractivity contribution in [2.75, 3.05) is 5.32 Å². The topological polar surface area (TPSA) is 93.1 Å². The number of imide groups is 1. The van der Waals surface area contributed by atoms with Crippen molar-refractivity contribution in [3.8, 4) is 11.1 Å². The molecule has 0 aliphatic carbocycles. The number of aromatic nitrogens is 2. The number of carbonyl (C=O) groups is 2. The van der Waals surface area contributed by atoms with E-state index < -0.39 is 23.6 Å². The Hall–Kier alpha value is -4.40. The number of aryl methyl sites for hydroxylation is 3. The first-order chi connectivity index (χ1) is 16.1. The highest BCUT2D eigenvalue weighted by Gasteiger charge is 2.15. The zero-order valence-corrected chi connectivity index (χ0v) is 18.6. The minimum Gasteiger partial charge on any atom is -0.311 e. The summed E-state index contributed by atoms with van der Waals surface area (Å²) in [6.45, 7) is 3.68. The molecule has 2 N–H and O–H groups in total. The average molecular weight is 462 g/mol. The number of halogens is 2. The van der Waals surface area contributed by atoms with E-state index >= 15 is 0 Å². The minimum absolute atomic E-state index is 0.217. The van der Waals surface area contributed by atoms with E-state index in [-0.39, 0.29) is 11.1 Å². The largest absolute Gasteiger partial charge is 0.326 e. The molecular formula is C25H20F2N4O3. The number of rotatable bonds is 3. The third-order valence-electron chi connectivity index (χ3n) is 5.38. The highest BCUT2D eigenvalue weighted by molar-refractivity contribution is 6.08. The Labute approximate surface area is 193 Å². The molecule has 2 heterocycles. The molecular weight excluding hydrogens is 442 g/mol. The summed E-state index contributed by atoms with van der Waals surface area (Å²) in [6.07, 6.45) is 1.69. The van der Waals surface area contributed by atoms with Crippen molar-refractivity contribution in [1.29, 1.82) is 0 Å². The first-order valence-corrected chi connectivity index (χ1v) is 10.3. The fraction of sp³-hybridized carbons (Fsp3) is 0.120. The van der Waals surface area contributed by atoms with E-state index in [0.29, 0.717) is 22.9 Å². The van der Waals surface area contributed by atoms with Gasteiger partial charge in [-0.3, -0.25) is 19.9 Å². The van der Waals surface area contributed by atoms with Gasteiger partial charge in [0, 0.05) is 47.2 Å². The van der Waals surface area contributed by atoms with Crippen LogP contribution in [0.2, 0.25) is 0 Å². The molecule has 7 nitrogen and oxygen atoms in total. The predicted molar refractivity (Wildman–Crippen MR) is 125 cm³/mol. The van der Waals surface area contributed by atoms with Crippen molar-refractivity contribution in [1.82, 2.24) is 14.9 Å². The number of pyridine rings is 2. The van der Waals surface area contributed by atoms with Gasteiger partial charge in [-0.2, -0.15) is 0 Å². The van der Waals surface area contributed by atoms with Gasteiger partial charge >= 0.3 is 6.03 Å². The summed E-state index contributed by atoms with van der Waals surface area (Å²) in [4.78, 5) is 41.9. The molecule has 0 saturated heterocycles. The highest BCUT2D eigenvalue weighted by atomic mass is 19.1. The SMILES string of the molecule is Cc1cc2c(cn1)cc(-c1cc(NC(=O)NC(=O)c3cc(F)cc(F)c3)ccc1C)c(=O)n2C. The number of nitrogens with zero attached hydrogens (tertiary/aromatic N) is 2. The van der Waals surface area contributed by atoms with E-state index in [1.807, 2.05) is 25.2 Å². The minimum atomic E-state index is -0.963. The molecule has 0 atom stereocenters. The second-order valence-electron chi connectivity index (χ2n) is 7.90. The quantitative estimate of drug-likeness (QED) is 0.470. The zero-order valence-electron chi connectivity index (χ0n) is 18.6.